The Bertz CT molecular complexity index is 1420. The predicted octanol–water partition coefficient (Wildman–Crippen LogP) is 6.20. The summed E-state index contributed by atoms with van der Waals surface area (Å²) in [5.41, 5.74) is -0.371. The number of anilines is 4. The summed E-state index contributed by atoms with van der Waals surface area (Å²) in [6, 6.07) is 3.81. The standard InChI is InChI=1S/C26H30F3N7OS/c1-15-14-38-23-21(15)22(31-18-10-16(25(2,3)37)9-17(11-18)26(27,28)29)33-24(34-23)32-19-12-30-36(13-19)20-5-7-35(4)8-6-20/h9-14,20,37H,5-8H2,1-4H3,(H2,31,32,33,34). The van der Waals surface area contributed by atoms with E-state index in [1.165, 1.54) is 31.3 Å². The average Bonchev–Trinajstić information content (AvgIpc) is 3.45. The maximum Gasteiger partial charge on any atom is 0.416 e. The Morgan fingerprint density at radius 3 is 2.42 bits per heavy atom. The van der Waals surface area contributed by atoms with E-state index in [0.29, 0.717) is 22.6 Å². The highest BCUT2D eigenvalue weighted by atomic mass is 32.1. The number of aromatic nitrogens is 4. The smallest absolute Gasteiger partial charge is 0.386 e. The van der Waals surface area contributed by atoms with Crippen molar-refractivity contribution in [1.82, 2.24) is 24.6 Å². The van der Waals surface area contributed by atoms with Gasteiger partial charge in [0, 0.05) is 11.9 Å². The Morgan fingerprint density at radius 1 is 1.03 bits per heavy atom. The molecule has 1 aromatic carbocycles. The fraction of sp³-hybridized carbons (Fsp3) is 0.423. The van der Waals surface area contributed by atoms with Gasteiger partial charge in [0.1, 0.15) is 10.6 Å². The van der Waals surface area contributed by atoms with Crippen molar-refractivity contribution >= 4 is 44.7 Å². The van der Waals surface area contributed by atoms with E-state index in [1.807, 2.05) is 23.2 Å². The number of nitrogens with zero attached hydrogens (tertiary/aromatic N) is 5. The summed E-state index contributed by atoms with van der Waals surface area (Å²) in [7, 11) is 2.11. The Hall–Kier alpha value is -3.22. The Morgan fingerprint density at radius 2 is 1.74 bits per heavy atom. The number of thiophene rings is 1. The van der Waals surface area contributed by atoms with Crippen molar-refractivity contribution in [3.8, 4) is 0 Å². The van der Waals surface area contributed by atoms with Crippen LogP contribution in [0.25, 0.3) is 10.2 Å². The van der Waals surface area contributed by atoms with Gasteiger partial charge in [0.15, 0.2) is 0 Å². The minimum absolute atomic E-state index is 0.141. The summed E-state index contributed by atoms with van der Waals surface area (Å²) in [5, 5.41) is 23.9. The third kappa shape index (κ3) is 5.62. The number of halogens is 3. The highest BCUT2D eigenvalue weighted by Crippen LogP contribution is 2.37. The van der Waals surface area contributed by atoms with Crippen molar-refractivity contribution in [3.05, 3.63) is 52.7 Å². The zero-order valence-electron chi connectivity index (χ0n) is 21.6. The van der Waals surface area contributed by atoms with Crippen molar-refractivity contribution < 1.29 is 18.3 Å². The lowest BCUT2D eigenvalue weighted by atomic mass is 9.95. The molecule has 0 atom stereocenters. The van der Waals surface area contributed by atoms with Gasteiger partial charge in [-0.1, -0.05) is 0 Å². The van der Waals surface area contributed by atoms with E-state index in [0.717, 1.165) is 54.7 Å². The van der Waals surface area contributed by atoms with E-state index < -0.39 is 17.3 Å². The van der Waals surface area contributed by atoms with Crippen molar-refractivity contribution in [3.63, 3.8) is 0 Å². The number of aliphatic hydroxyl groups is 1. The van der Waals surface area contributed by atoms with E-state index in [1.54, 1.807) is 6.20 Å². The fourth-order valence-corrected chi connectivity index (χ4v) is 5.50. The predicted molar refractivity (Wildman–Crippen MR) is 143 cm³/mol. The molecule has 0 spiro atoms. The molecule has 1 saturated heterocycles. The first kappa shape index (κ1) is 26.4. The number of piperidine rings is 1. The van der Waals surface area contributed by atoms with Gasteiger partial charge < -0.3 is 20.6 Å². The van der Waals surface area contributed by atoms with E-state index in [9.17, 15) is 18.3 Å². The van der Waals surface area contributed by atoms with Crippen LogP contribution in [-0.4, -0.2) is 49.9 Å². The van der Waals surface area contributed by atoms with Crippen LogP contribution in [0.2, 0.25) is 0 Å². The fourth-order valence-electron chi connectivity index (χ4n) is 4.57. The Balaban J connectivity index is 1.47. The molecule has 5 rings (SSSR count). The molecule has 0 unspecified atom stereocenters. The van der Waals surface area contributed by atoms with E-state index in [2.05, 4.69) is 37.6 Å². The number of rotatable bonds is 6. The largest absolute Gasteiger partial charge is 0.416 e. The molecule has 3 aromatic heterocycles. The monoisotopic (exact) mass is 545 g/mol. The molecule has 1 fully saturated rings. The third-order valence-electron chi connectivity index (χ3n) is 6.77. The zero-order valence-corrected chi connectivity index (χ0v) is 22.4. The summed E-state index contributed by atoms with van der Waals surface area (Å²) in [5.74, 6) is 0.680. The van der Waals surface area contributed by atoms with Crippen molar-refractivity contribution in [2.24, 2.45) is 0 Å². The molecule has 8 nitrogen and oxygen atoms in total. The summed E-state index contributed by atoms with van der Waals surface area (Å²) < 4.78 is 42.9. The summed E-state index contributed by atoms with van der Waals surface area (Å²) in [4.78, 5) is 12.3. The summed E-state index contributed by atoms with van der Waals surface area (Å²) >= 11 is 1.43. The lowest BCUT2D eigenvalue weighted by Crippen LogP contribution is -2.31. The lowest BCUT2D eigenvalue weighted by molar-refractivity contribution is -0.137. The number of fused-ring (bicyclic) bond motifs is 1. The van der Waals surface area contributed by atoms with Crippen molar-refractivity contribution in [2.45, 2.75) is 51.4 Å². The van der Waals surface area contributed by atoms with Crippen LogP contribution in [0.15, 0.2) is 36.0 Å². The van der Waals surface area contributed by atoms with E-state index >= 15 is 0 Å². The number of benzene rings is 1. The molecule has 0 bridgehead atoms. The maximum atomic E-state index is 13.7. The van der Waals surface area contributed by atoms with Crippen LogP contribution in [0.4, 0.5) is 36.3 Å². The first-order chi connectivity index (χ1) is 17.9. The number of hydrogen-bond donors (Lipinski definition) is 3. The number of nitrogens with one attached hydrogen (secondary N) is 2. The number of hydrogen-bond acceptors (Lipinski definition) is 8. The highest BCUT2D eigenvalue weighted by Gasteiger charge is 2.33. The lowest BCUT2D eigenvalue weighted by Gasteiger charge is -2.28. The second kappa shape index (κ2) is 9.83. The van der Waals surface area contributed by atoms with Gasteiger partial charge in [0.25, 0.3) is 0 Å². The molecule has 12 heteroatoms. The van der Waals surface area contributed by atoms with Crippen LogP contribution >= 0.6 is 11.3 Å². The van der Waals surface area contributed by atoms with Crippen LogP contribution < -0.4 is 10.6 Å². The molecule has 0 radical (unpaired) electrons. The van der Waals surface area contributed by atoms with Crippen molar-refractivity contribution in [2.75, 3.05) is 30.8 Å². The maximum absolute atomic E-state index is 13.7. The van der Waals surface area contributed by atoms with Gasteiger partial charge in [-0.15, -0.1) is 11.3 Å². The molecule has 1 aliphatic rings. The topological polar surface area (TPSA) is 91.1 Å². The van der Waals surface area contributed by atoms with Crippen LogP contribution in [0.5, 0.6) is 0 Å². The van der Waals surface area contributed by atoms with Gasteiger partial charge in [0.05, 0.1) is 34.5 Å². The minimum Gasteiger partial charge on any atom is -0.386 e. The quantitative estimate of drug-likeness (QED) is 0.266. The SMILES string of the molecule is Cc1csc2nc(Nc3cnn(C4CCN(C)CC4)c3)nc(Nc3cc(C(C)(C)O)cc(C(F)(F)F)c3)c12. The number of aryl methyl sites for hydroxylation is 1. The van der Waals surface area contributed by atoms with Gasteiger partial charge in [-0.3, -0.25) is 4.68 Å². The van der Waals surface area contributed by atoms with Gasteiger partial charge >= 0.3 is 6.18 Å². The normalized spacial score (nSPS) is 15.8. The molecule has 3 N–H and O–H groups in total. The zero-order chi connectivity index (χ0) is 27.2. The van der Waals surface area contributed by atoms with Crippen LogP contribution in [0, 0.1) is 6.92 Å². The van der Waals surface area contributed by atoms with Crippen LogP contribution in [0.1, 0.15) is 49.4 Å². The molecule has 1 aliphatic heterocycles. The minimum atomic E-state index is -4.57. The molecule has 38 heavy (non-hydrogen) atoms. The first-order valence-corrected chi connectivity index (χ1v) is 13.2. The van der Waals surface area contributed by atoms with Gasteiger partial charge in [0.2, 0.25) is 5.95 Å². The molecule has 4 heterocycles. The highest BCUT2D eigenvalue weighted by molar-refractivity contribution is 7.17. The Labute approximate surface area is 222 Å². The van der Waals surface area contributed by atoms with Gasteiger partial charge in [-0.25, -0.2) is 4.98 Å². The van der Waals surface area contributed by atoms with Crippen LogP contribution in [0.3, 0.4) is 0 Å². The molecule has 0 saturated carbocycles. The second-order valence-corrected chi connectivity index (χ2v) is 11.2. The Kier molecular flexibility index (Phi) is 6.82. The van der Waals surface area contributed by atoms with E-state index in [4.69, 9.17) is 0 Å². The molecular weight excluding hydrogens is 515 g/mol. The summed E-state index contributed by atoms with van der Waals surface area (Å²) in [6.45, 7) is 6.84. The molecular formula is C26H30F3N7OS. The molecule has 0 amide bonds. The van der Waals surface area contributed by atoms with Gasteiger partial charge in [-0.2, -0.15) is 23.3 Å². The molecule has 4 aromatic rings. The van der Waals surface area contributed by atoms with Gasteiger partial charge in [-0.05, 0) is 88.5 Å². The molecule has 0 aliphatic carbocycles. The van der Waals surface area contributed by atoms with Crippen molar-refractivity contribution in [1.29, 1.82) is 0 Å². The number of alkyl halides is 3. The van der Waals surface area contributed by atoms with Crippen LogP contribution in [-0.2, 0) is 11.8 Å². The third-order valence-corrected chi connectivity index (χ3v) is 7.76. The number of likely N-dealkylation sites (tertiary alicyclic amines) is 1. The summed E-state index contributed by atoms with van der Waals surface area (Å²) in [6.07, 6.45) is 1.12. The second-order valence-electron chi connectivity index (χ2n) is 10.3. The average molecular weight is 546 g/mol. The molecule has 202 valence electrons. The first-order valence-electron chi connectivity index (χ1n) is 12.3. The van der Waals surface area contributed by atoms with E-state index in [-0.39, 0.29) is 11.3 Å².